The molecule has 5 nitrogen and oxygen atoms in total. The number of nitrogens with one attached hydrogen (secondary N) is 2. The van der Waals surface area contributed by atoms with Crippen molar-refractivity contribution in [3.8, 4) is 11.3 Å². The Morgan fingerprint density at radius 2 is 1.67 bits per heavy atom. The largest absolute Gasteiger partial charge is 0.385 e. The van der Waals surface area contributed by atoms with Gasteiger partial charge in [-0.25, -0.2) is 4.98 Å². The first-order valence-corrected chi connectivity index (χ1v) is 9.25. The Morgan fingerprint density at radius 1 is 0.963 bits per heavy atom. The zero-order valence-electron chi connectivity index (χ0n) is 15.9. The maximum absolute atomic E-state index is 5.11. The smallest absolute Gasteiger partial charge is 0.225 e. The normalized spacial score (nSPS) is 11.8. The van der Waals surface area contributed by atoms with Crippen LogP contribution in [0.4, 0.5) is 11.8 Å². The van der Waals surface area contributed by atoms with E-state index < -0.39 is 0 Å². The van der Waals surface area contributed by atoms with E-state index in [9.17, 15) is 0 Å². The maximum Gasteiger partial charge on any atom is 0.225 e. The van der Waals surface area contributed by atoms with Crippen molar-refractivity contribution in [2.45, 2.75) is 19.4 Å². The fourth-order valence-corrected chi connectivity index (χ4v) is 2.82. The number of rotatable bonds is 9. The Kier molecular flexibility index (Phi) is 6.77. The van der Waals surface area contributed by atoms with E-state index in [-0.39, 0.29) is 6.04 Å². The molecule has 0 aliphatic heterocycles. The molecular weight excluding hydrogens is 336 g/mol. The average Bonchev–Trinajstić information content (AvgIpc) is 2.72. The molecule has 5 heteroatoms. The third kappa shape index (κ3) is 5.53. The summed E-state index contributed by atoms with van der Waals surface area (Å²) in [5.74, 6) is 1.42. The predicted molar refractivity (Wildman–Crippen MR) is 111 cm³/mol. The molecule has 1 atom stereocenters. The molecule has 0 aliphatic carbocycles. The molecule has 3 rings (SSSR count). The molecule has 0 bridgehead atoms. The Hall–Kier alpha value is -2.92. The molecule has 140 valence electrons. The Labute approximate surface area is 160 Å². The van der Waals surface area contributed by atoms with Crippen LogP contribution in [-0.2, 0) is 4.74 Å². The van der Waals surface area contributed by atoms with Crippen molar-refractivity contribution in [3.05, 3.63) is 72.3 Å². The van der Waals surface area contributed by atoms with Crippen LogP contribution in [0.15, 0.2) is 66.7 Å². The molecule has 2 N–H and O–H groups in total. The second-order valence-electron chi connectivity index (χ2n) is 6.38. The molecule has 0 amide bonds. The van der Waals surface area contributed by atoms with Gasteiger partial charge in [-0.2, -0.15) is 4.98 Å². The summed E-state index contributed by atoms with van der Waals surface area (Å²) in [6.45, 7) is 3.60. The fraction of sp³-hybridized carbons (Fsp3) is 0.273. The van der Waals surface area contributed by atoms with Crippen LogP contribution in [0.3, 0.4) is 0 Å². The second-order valence-corrected chi connectivity index (χ2v) is 6.38. The number of nitrogens with zero attached hydrogens (tertiary/aromatic N) is 2. The van der Waals surface area contributed by atoms with Crippen molar-refractivity contribution >= 4 is 11.8 Å². The van der Waals surface area contributed by atoms with Crippen molar-refractivity contribution < 1.29 is 4.74 Å². The number of benzene rings is 2. The minimum atomic E-state index is 0.145. The lowest BCUT2D eigenvalue weighted by molar-refractivity contribution is 0.197. The molecule has 0 radical (unpaired) electrons. The molecule has 3 aromatic rings. The van der Waals surface area contributed by atoms with Gasteiger partial charge in [-0.05, 0) is 18.9 Å². The lowest BCUT2D eigenvalue weighted by Gasteiger charge is -2.17. The van der Waals surface area contributed by atoms with Crippen LogP contribution in [0.1, 0.15) is 24.9 Å². The van der Waals surface area contributed by atoms with Gasteiger partial charge in [-0.15, -0.1) is 0 Å². The summed E-state index contributed by atoms with van der Waals surface area (Å²) in [5.41, 5.74) is 3.17. The van der Waals surface area contributed by atoms with Crippen LogP contribution in [0, 0.1) is 0 Å². The van der Waals surface area contributed by atoms with E-state index in [0.29, 0.717) is 12.6 Å². The van der Waals surface area contributed by atoms with E-state index in [0.717, 1.165) is 30.0 Å². The van der Waals surface area contributed by atoms with Gasteiger partial charge in [-0.1, -0.05) is 60.7 Å². The van der Waals surface area contributed by atoms with E-state index in [2.05, 4.69) is 51.8 Å². The predicted octanol–water partition coefficient (Wildman–Crippen LogP) is 4.77. The van der Waals surface area contributed by atoms with Gasteiger partial charge in [0.2, 0.25) is 5.95 Å². The molecule has 1 unspecified atom stereocenters. The highest BCUT2D eigenvalue weighted by molar-refractivity contribution is 5.64. The van der Waals surface area contributed by atoms with Crippen molar-refractivity contribution in [1.29, 1.82) is 0 Å². The summed E-state index contributed by atoms with van der Waals surface area (Å²) in [6, 6.07) is 22.6. The summed E-state index contributed by atoms with van der Waals surface area (Å²) >= 11 is 0. The van der Waals surface area contributed by atoms with Crippen LogP contribution < -0.4 is 10.6 Å². The molecule has 0 fully saturated rings. The minimum Gasteiger partial charge on any atom is -0.385 e. The highest BCUT2D eigenvalue weighted by atomic mass is 16.5. The molecule has 1 heterocycles. The number of hydrogen-bond donors (Lipinski definition) is 2. The number of ether oxygens (including phenoxy) is 1. The van der Waals surface area contributed by atoms with Gasteiger partial charge in [0, 0.05) is 37.9 Å². The highest BCUT2D eigenvalue weighted by Crippen LogP contribution is 2.24. The van der Waals surface area contributed by atoms with E-state index in [1.165, 1.54) is 5.56 Å². The fourth-order valence-electron chi connectivity index (χ4n) is 2.82. The third-order valence-corrected chi connectivity index (χ3v) is 4.27. The van der Waals surface area contributed by atoms with Gasteiger partial charge in [0.25, 0.3) is 0 Å². The topological polar surface area (TPSA) is 59.1 Å². The summed E-state index contributed by atoms with van der Waals surface area (Å²) in [7, 11) is 1.71. The Balaban J connectivity index is 1.83. The number of methoxy groups -OCH3 is 1. The SMILES string of the molecule is COCCCNc1nc(NC(C)c2ccccc2)cc(-c2ccccc2)n1. The second kappa shape index (κ2) is 9.69. The third-order valence-electron chi connectivity index (χ3n) is 4.27. The summed E-state index contributed by atoms with van der Waals surface area (Å²) in [4.78, 5) is 9.33. The van der Waals surface area contributed by atoms with Gasteiger partial charge in [0.05, 0.1) is 5.69 Å². The van der Waals surface area contributed by atoms with Gasteiger partial charge >= 0.3 is 0 Å². The van der Waals surface area contributed by atoms with E-state index in [1.54, 1.807) is 7.11 Å². The molecule has 0 saturated heterocycles. The standard InChI is InChI=1S/C22H26N4O/c1-17(18-10-5-3-6-11-18)24-21-16-20(19-12-7-4-8-13-19)25-22(26-21)23-14-9-15-27-2/h3-8,10-13,16-17H,9,14-15H2,1-2H3,(H2,23,24,25,26). The van der Waals surface area contributed by atoms with Gasteiger partial charge in [0.1, 0.15) is 5.82 Å². The molecule has 0 saturated carbocycles. The summed E-state index contributed by atoms with van der Waals surface area (Å²) in [5, 5.41) is 6.80. The van der Waals surface area contributed by atoms with Gasteiger partial charge in [-0.3, -0.25) is 0 Å². The van der Waals surface area contributed by atoms with Crippen molar-refractivity contribution in [2.24, 2.45) is 0 Å². The number of hydrogen-bond acceptors (Lipinski definition) is 5. The van der Waals surface area contributed by atoms with Crippen LogP contribution in [0.25, 0.3) is 11.3 Å². The maximum atomic E-state index is 5.11. The van der Waals surface area contributed by atoms with Crippen molar-refractivity contribution in [2.75, 3.05) is 30.9 Å². The van der Waals surface area contributed by atoms with E-state index >= 15 is 0 Å². The first kappa shape index (κ1) is 18.9. The van der Waals surface area contributed by atoms with Crippen LogP contribution in [-0.4, -0.2) is 30.2 Å². The average molecular weight is 362 g/mol. The molecule has 0 spiro atoms. The van der Waals surface area contributed by atoms with Crippen LogP contribution in [0.5, 0.6) is 0 Å². The van der Waals surface area contributed by atoms with Crippen LogP contribution >= 0.6 is 0 Å². The lowest BCUT2D eigenvalue weighted by Crippen LogP contribution is -2.12. The Morgan fingerprint density at radius 3 is 2.37 bits per heavy atom. The summed E-state index contributed by atoms with van der Waals surface area (Å²) < 4.78 is 5.11. The zero-order chi connectivity index (χ0) is 18.9. The van der Waals surface area contributed by atoms with E-state index in [1.807, 2.05) is 42.5 Å². The molecule has 1 aromatic heterocycles. The van der Waals surface area contributed by atoms with Crippen molar-refractivity contribution in [1.82, 2.24) is 9.97 Å². The Bertz CT molecular complexity index is 824. The molecule has 0 aliphatic rings. The lowest BCUT2D eigenvalue weighted by atomic mass is 10.1. The van der Waals surface area contributed by atoms with E-state index in [4.69, 9.17) is 4.74 Å². The molecular formula is C22H26N4O. The van der Waals surface area contributed by atoms with Gasteiger partial charge in [0.15, 0.2) is 0 Å². The zero-order valence-corrected chi connectivity index (χ0v) is 15.9. The minimum absolute atomic E-state index is 0.145. The van der Waals surface area contributed by atoms with Gasteiger partial charge < -0.3 is 15.4 Å². The number of aromatic nitrogens is 2. The monoisotopic (exact) mass is 362 g/mol. The molecule has 2 aromatic carbocycles. The van der Waals surface area contributed by atoms with Crippen LogP contribution in [0.2, 0.25) is 0 Å². The number of anilines is 2. The van der Waals surface area contributed by atoms with Crippen molar-refractivity contribution in [3.63, 3.8) is 0 Å². The highest BCUT2D eigenvalue weighted by Gasteiger charge is 2.10. The summed E-state index contributed by atoms with van der Waals surface area (Å²) in [6.07, 6.45) is 0.901. The first-order chi connectivity index (χ1) is 13.3. The molecule has 27 heavy (non-hydrogen) atoms. The first-order valence-electron chi connectivity index (χ1n) is 9.25. The quantitative estimate of drug-likeness (QED) is 0.537.